The van der Waals surface area contributed by atoms with Gasteiger partial charge in [0.25, 0.3) is 0 Å². The number of benzene rings is 1. The van der Waals surface area contributed by atoms with Crippen molar-refractivity contribution < 1.29 is 9.59 Å². The minimum absolute atomic E-state index is 0. The largest absolute Gasteiger partial charge is 0.355 e. The fourth-order valence-corrected chi connectivity index (χ4v) is 1.41. The molecule has 6 heteroatoms. The first-order valence-electron chi connectivity index (χ1n) is 5.99. The minimum Gasteiger partial charge on any atom is -0.355 e. The van der Waals surface area contributed by atoms with Crippen molar-refractivity contribution in [1.82, 2.24) is 10.6 Å². The molecule has 0 bridgehead atoms. The molecule has 0 aliphatic rings. The number of rotatable bonds is 7. The van der Waals surface area contributed by atoms with Gasteiger partial charge in [-0.25, -0.2) is 0 Å². The van der Waals surface area contributed by atoms with Gasteiger partial charge in [-0.3, -0.25) is 9.59 Å². The fourth-order valence-electron chi connectivity index (χ4n) is 1.41. The predicted octanol–water partition coefficient (Wildman–Crippen LogP) is 0.232. The summed E-state index contributed by atoms with van der Waals surface area (Å²) in [6, 6.07) is 9.40. The van der Waals surface area contributed by atoms with Crippen LogP contribution >= 0.6 is 12.4 Å². The molecule has 0 aromatic heterocycles. The number of nitrogens with two attached hydrogens (primary N) is 1. The van der Waals surface area contributed by atoms with Gasteiger partial charge in [-0.2, -0.15) is 0 Å². The van der Waals surface area contributed by atoms with Crippen LogP contribution in [0.4, 0.5) is 0 Å². The zero-order chi connectivity index (χ0) is 13.2. The summed E-state index contributed by atoms with van der Waals surface area (Å²) in [4.78, 5) is 22.8. The van der Waals surface area contributed by atoms with Crippen molar-refractivity contribution in [3.8, 4) is 0 Å². The number of nitrogens with one attached hydrogen (secondary N) is 2. The Kier molecular flexibility index (Phi) is 9.48. The highest BCUT2D eigenvalue weighted by Gasteiger charge is 2.05. The number of hydrogen-bond acceptors (Lipinski definition) is 3. The van der Waals surface area contributed by atoms with E-state index in [1.807, 2.05) is 30.3 Å². The van der Waals surface area contributed by atoms with Crippen molar-refractivity contribution in [2.75, 3.05) is 19.6 Å². The third kappa shape index (κ3) is 8.18. The molecule has 106 valence electrons. The van der Waals surface area contributed by atoms with Gasteiger partial charge < -0.3 is 16.4 Å². The highest BCUT2D eigenvalue weighted by atomic mass is 35.5. The van der Waals surface area contributed by atoms with Crippen LogP contribution in [0.3, 0.4) is 0 Å². The minimum atomic E-state index is -0.190. The molecule has 4 N–H and O–H groups in total. The first-order valence-corrected chi connectivity index (χ1v) is 5.99. The van der Waals surface area contributed by atoms with Crippen molar-refractivity contribution in [3.63, 3.8) is 0 Å². The summed E-state index contributed by atoms with van der Waals surface area (Å²) in [6.45, 7) is 1.10. The van der Waals surface area contributed by atoms with Crippen LogP contribution in [0.5, 0.6) is 0 Å². The Labute approximate surface area is 119 Å². The molecule has 19 heavy (non-hydrogen) atoms. The Morgan fingerprint density at radius 2 is 1.74 bits per heavy atom. The summed E-state index contributed by atoms with van der Waals surface area (Å²) in [6.07, 6.45) is 1.03. The SMILES string of the molecule is Cl.NCCCNC(=O)CNC(=O)Cc1ccccc1. The van der Waals surface area contributed by atoms with Crippen molar-refractivity contribution in [2.45, 2.75) is 12.8 Å². The highest BCUT2D eigenvalue weighted by Crippen LogP contribution is 1.98. The molecule has 0 heterocycles. The average Bonchev–Trinajstić information content (AvgIpc) is 2.38. The summed E-state index contributed by atoms with van der Waals surface area (Å²) in [5.74, 6) is -0.347. The number of hydrogen-bond donors (Lipinski definition) is 3. The molecule has 2 amide bonds. The summed E-state index contributed by atoms with van der Waals surface area (Å²) < 4.78 is 0. The second-order valence-electron chi connectivity index (χ2n) is 3.93. The standard InChI is InChI=1S/C13H19N3O2.ClH/c14-7-4-8-15-13(18)10-16-12(17)9-11-5-2-1-3-6-11;/h1-3,5-6H,4,7-10,14H2,(H,15,18)(H,16,17);1H. The van der Waals surface area contributed by atoms with Crippen molar-refractivity contribution in [3.05, 3.63) is 35.9 Å². The monoisotopic (exact) mass is 285 g/mol. The first kappa shape index (κ1) is 17.4. The molecule has 0 spiro atoms. The van der Waals surface area contributed by atoms with E-state index in [0.717, 1.165) is 12.0 Å². The van der Waals surface area contributed by atoms with E-state index in [-0.39, 0.29) is 37.2 Å². The molecule has 0 saturated carbocycles. The summed E-state index contributed by atoms with van der Waals surface area (Å²) in [5.41, 5.74) is 6.23. The molecular weight excluding hydrogens is 266 g/mol. The van der Waals surface area contributed by atoms with Crippen molar-refractivity contribution in [1.29, 1.82) is 0 Å². The van der Waals surface area contributed by atoms with E-state index < -0.39 is 0 Å². The molecule has 1 aromatic rings. The zero-order valence-corrected chi connectivity index (χ0v) is 11.5. The molecule has 0 aliphatic carbocycles. The zero-order valence-electron chi connectivity index (χ0n) is 10.7. The molecule has 0 saturated heterocycles. The Morgan fingerprint density at radius 1 is 1.05 bits per heavy atom. The van der Waals surface area contributed by atoms with Gasteiger partial charge in [0.05, 0.1) is 13.0 Å². The Balaban J connectivity index is 0.00000324. The fraction of sp³-hybridized carbons (Fsp3) is 0.385. The Hall–Kier alpha value is -1.59. The van der Waals surface area contributed by atoms with E-state index in [1.165, 1.54) is 0 Å². The number of carbonyl (C=O) groups is 2. The van der Waals surface area contributed by atoms with Crippen LogP contribution in [0, 0.1) is 0 Å². The van der Waals surface area contributed by atoms with E-state index in [0.29, 0.717) is 13.1 Å². The summed E-state index contributed by atoms with van der Waals surface area (Å²) in [7, 11) is 0. The topological polar surface area (TPSA) is 84.2 Å². The van der Waals surface area contributed by atoms with Gasteiger partial charge in [0.15, 0.2) is 0 Å². The van der Waals surface area contributed by atoms with Crippen LogP contribution in [0.1, 0.15) is 12.0 Å². The summed E-state index contributed by atoms with van der Waals surface area (Å²) >= 11 is 0. The van der Waals surface area contributed by atoms with Gasteiger partial charge in [-0.05, 0) is 18.5 Å². The predicted molar refractivity (Wildman–Crippen MR) is 77.1 cm³/mol. The first-order chi connectivity index (χ1) is 8.72. The number of halogens is 1. The molecule has 0 aliphatic heterocycles. The van der Waals surface area contributed by atoms with E-state index >= 15 is 0 Å². The molecular formula is C13H20ClN3O2. The third-order valence-electron chi connectivity index (χ3n) is 2.36. The molecule has 0 radical (unpaired) electrons. The van der Waals surface area contributed by atoms with E-state index in [2.05, 4.69) is 10.6 Å². The van der Waals surface area contributed by atoms with Gasteiger partial charge in [0.2, 0.25) is 11.8 Å². The normalized spacial score (nSPS) is 9.32. The molecule has 0 atom stereocenters. The van der Waals surface area contributed by atoms with Gasteiger partial charge >= 0.3 is 0 Å². The third-order valence-corrected chi connectivity index (χ3v) is 2.36. The van der Waals surface area contributed by atoms with Gasteiger partial charge in [0, 0.05) is 6.54 Å². The molecule has 0 fully saturated rings. The smallest absolute Gasteiger partial charge is 0.239 e. The number of amides is 2. The highest BCUT2D eigenvalue weighted by molar-refractivity contribution is 5.85. The number of carbonyl (C=O) groups excluding carboxylic acids is 2. The van der Waals surface area contributed by atoms with Gasteiger partial charge in [-0.1, -0.05) is 30.3 Å². The summed E-state index contributed by atoms with van der Waals surface area (Å²) in [5, 5.41) is 5.24. The quantitative estimate of drug-likeness (QED) is 0.627. The van der Waals surface area contributed by atoms with Crippen LogP contribution in [-0.2, 0) is 16.0 Å². The maximum absolute atomic E-state index is 11.5. The maximum atomic E-state index is 11.5. The maximum Gasteiger partial charge on any atom is 0.239 e. The average molecular weight is 286 g/mol. The van der Waals surface area contributed by atoms with Gasteiger partial charge in [0.1, 0.15) is 0 Å². The molecule has 5 nitrogen and oxygen atoms in total. The van der Waals surface area contributed by atoms with Crippen molar-refractivity contribution >= 4 is 24.2 Å². The van der Waals surface area contributed by atoms with Crippen molar-refractivity contribution in [2.24, 2.45) is 5.73 Å². The molecule has 1 rings (SSSR count). The van der Waals surface area contributed by atoms with Crippen LogP contribution in [-0.4, -0.2) is 31.4 Å². The van der Waals surface area contributed by atoms with Crippen LogP contribution in [0.2, 0.25) is 0 Å². The van der Waals surface area contributed by atoms with E-state index in [4.69, 9.17) is 5.73 Å². The second kappa shape index (κ2) is 10.3. The molecule has 0 unspecified atom stereocenters. The van der Waals surface area contributed by atoms with Crippen LogP contribution in [0.25, 0.3) is 0 Å². The van der Waals surface area contributed by atoms with E-state index in [1.54, 1.807) is 0 Å². The lowest BCUT2D eigenvalue weighted by Gasteiger charge is -2.06. The van der Waals surface area contributed by atoms with Gasteiger partial charge in [-0.15, -0.1) is 12.4 Å². The van der Waals surface area contributed by atoms with Crippen LogP contribution in [0.15, 0.2) is 30.3 Å². The van der Waals surface area contributed by atoms with Crippen LogP contribution < -0.4 is 16.4 Å². The Morgan fingerprint density at radius 3 is 2.37 bits per heavy atom. The lowest BCUT2D eigenvalue weighted by atomic mass is 10.1. The Bertz CT molecular complexity index is 385. The lowest BCUT2D eigenvalue weighted by molar-refractivity contribution is -0.125. The van der Waals surface area contributed by atoms with E-state index in [9.17, 15) is 9.59 Å². The molecule has 1 aromatic carbocycles. The second-order valence-corrected chi connectivity index (χ2v) is 3.93. The lowest BCUT2D eigenvalue weighted by Crippen LogP contribution is -2.38.